The fourth-order valence-corrected chi connectivity index (χ4v) is 6.18. The largest absolute Gasteiger partial charge is 0.495 e. The van der Waals surface area contributed by atoms with Crippen molar-refractivity contribution in [2.24, 2.45) is 17.3 Å². The van der Waals surface area contributed by atoms with Crippen LogP contribution in [0, 0.1) is 28.9 Å². The van der Waals surface area contributed by atoms with Gasteiger partial charge in [0.2, 0.25) is 0 Å². The zero-order chi connectivity index (χ0) is 24.5. The molecule has 5 rings (SSSR count). The zero-order valence-electron chi connectivity index (χ0n) is 20.3. The van der Waals surface area contributed by atoms with E-state index in [-0.39, 0.29) is 29.3 Å². The maximum Gasteiger partial charge on any atom is 0.477 e. The third-order valence-corrected chi connectivity index (χ3v) is 8.11. The van der Waals surface area contributed by atoms with Gasteiger partial charge in [-0.2, -0.15) is 0 Å². The van der Waals surface area contributed by atoms with Gasteiger partial charge >= 0.3 is 13.1 Å². The molecule has 9 heteroatoms. The third kappa shape index (κ3) is 4.06. The van der Waals surface area contributed by atoms with E-state index in [9.17, 15) is 13.6 Å². The first-order valence-corrected chi connectivity index (χ1v) is 11.9. The second kappa shape index (κ2) is 8.09. The van der Waals surface area contributed by atoms with Crippen molar-refractivity contribution in [1.29, 1.82) is 0 Å². The van der Waals surface area contributed by atoms with E-state index in [0.717, 1.165) is 12.8 Å². The molecule has 0 N–H and O–H groups in total. The predicted octanol–water partition coefficient (Wildman–Crippen LogP) is 5.35. The zero-order valence-corrected chi connectivity index (χ0v) is 21.0. The average Bonchev–Trinajstić information content (AvgIpc) is 3.05. The molecule has 3 saturated carbocycles. The molecule has 1 aromatic rings. The van der Waals surface area contributed by atoms with E-state index >= 15 is 0 Å². The summed E-state index contributed by atoms with van der Waals surface area (Å²) in [6.07, 6.45) is 1.86. The van der Waals surface area contributed by atoms with Gasteiger partial charge in [0.05, 0.1) is 24.1 Å². The molecule has 33 heavy (non-hydrogen) atoms. The molecule has 4 fully saturated rings. The Morgan fingerprint density at radius 3 is 2.52 bits per heavy atom. The molecule has 5 atom stereocenters. The van der Waals surface area contributed by atoms with Crippen LogP contribution in [0.25, 0.3) is 0 Å². The van der Waals surface area contributed by atoms with E-state index in [1.165, 1.54) is 7.11 Å². The summed E-state index contributed by atoms with van der Waals surface area (Å²) in [7, 11) is 0.499. The third-order valence-electron chi connectivity index (χ3n) is 7.75. The molecule has 5 nitrogen and oxygen atoms in total. The minimum absolute atomic E-state index is 0.0170. The van der Waals surface area contributed by atoms with E-state index in [1.54, 1.807) is 20.8 Å². The summed E-state index contributed by atoms with van der Waals surface area (Å²) < 4.78 is 52.6. The van der Waals surface area contributed by atoms with Crippen molar-refractivity contribution in [3.63, 3.8) is 0 Å². The van der Waals surface area contributed by atoms with Gasteiger partial charge in [0.25, 0.3) is 0 Å². The second-order valence-corrected chi connectivity index (χ2v) is 11.8. The molecule has 3 aliphatic carbocycles. The lowest BCUT2D eigenvalue weighted by Gasteiger charge is -2.64. The lowest BCUT2D eigenvalue weighted by Crippen LogP contribution is -2.65. The minimum Gasteiger partial charge on any atom is -0.495 e. The maximum atomic E-state index is 14.9. The van der Waals surface area contributed by atoms with E-state index in [1.807, 2.05) is 0 Å². The fourth-order valence-electron chi connectivity index (χ4n) is 5.92. The number of carbonyl (C=O) groups is 1. The molecule has 1 aliphatic heterocycles. The van der Waals surface area contributed by atoms with Crippen LogP contribution in [0.15, 0.2) is 6.07 Å². The lowest BCUT2D eigenvalue weighted by molar-refractivity contribution is -0.199. The standard InChI is InChI=1S/C24H32BClF2O5/c1-22(2,3)31-21(29)19-15(28)11-14(27)13(20(19)30-7)10-18(26)25-32-17-9-12-8-16(23(12,4)5)24(17,6)33-25/h11-12,16-18H,8-10H2,1-7H3/t12-,16-,17?,18+,24-/m0/s1. The number of methoxy groups -OCH3 is 1. The number of hydrogen-bond donors (Lipinski definition) is 0. The Balaban J connectivity index is 1.58. The highest BCUT2D eigenvalue weighted by Crippen LogP contribution is 2.65. The summed E-state index contributed by atoms with van der Waals surface area (Å²) in [5, 5.41) is -0.770. The van der Waals surface area contributed by atoms with Crippen LogP contribution in [0.1, 0.15) is 70.3 Å². The molecule has 1 unspecified atom stereocenters. The number of hydrogen-bond acceptors (Lipinski definition) is 5. The number of esters is 1. The van der Waals surface area contributed by atoms with Crippen molar-refractivity contribution >= 4 is 24.7 Å². The molecule has 182 valence electrons. The highest BCUT2D eigenvalue weighted by molar-refractivity contribution is 6.60. The predicted molar refractivity (Wildman–Crippen MR) is 122 cm³/mol. The first kappa shape index (κ1) is 24.7. The topological polar surface area (TPSA) is 54.0 Å². The number of alkyl halides is 1. The van der Waals surface area contributed by atoms with Crippen molar-refractivity contribution in [1.82, 2.24) is 0 Å². The molecule has 0 spiro atoms. The first-order valence-electron chi connectivity index (χ1n) is 11.4. The average molecular weight is 485 g/mol. The molecule has 2 bridgehead atoms. The molecule has 0 aromatic heterocycles. The summed E-state index contributed by atoms with van der Waals surface area (Å²) in [5.74, 6) is -2.12. The highest BCUT2D eigenvalue weighted by atomic mass is 35.5. The van der Waals surface area contributed by atoms with Crippen molar-refractivity contribution < 1.29 is 32.4 Å². The van der Waals surface area contributed by atoms with Gasteiger partial charge in [-0.15, -0.1) is 11.6 Å². The summed E-state index contributed by atoms with van der Waals surface area (Å²) in [4.78, 5) is 12.6. The van der Waals surface area contributed by atoms with Crippen molar-refractivity contribution in [3.8, 4) is 5.75 Å². The molecule has 0 radical (unpaired) electrons. The Morgan fingerprint density at radius 1 is 1.27 bits per heavy atom. The molecule has 0 amide bonds. The SMILES string of the molecule is COc1c(C[C@@H](Cl)B2OC3C[C@@H]4C[C@@H](C4(C)C)[C@]3(C)O2)c(F)cc(F)c1C(=O)OC(C)(C)C. The van der Waals surface area contributed by atoms with E-state index in [0.29, 0.717) is 17.9 Å². The maximum absolute atomic E-state index is 14.9. The van der Waals surface area contributed by atoms with Gasteiger partial charge in [0.1, 0.15) is 28.5 Å². The smallest absolute Gasteiger partial charge is 0.477 e. The molecule has 1 heterocycles. The number of rotatable bonds is 5. The summed E-state index contributed by atoms with van der Waals surface area (Å²) in [6, 6.07) is 0.662. The highest BCUT2D eigenvalue weighted by Gasteiger charge is 2.68. The van der Waals surface area contributed by atoms with Crippen molar-refractivity contribution in [2.45, 2.75) is 83.4 Å². The summed E-state index contributed by atoms with van der Waals surface area (Å²) in [6.45, 7) is 11.6. The molecule has 1 saturated heterocycles. The van der Waals surface area contributed by atoms with Gasteiger partial charge in [0, 0.05) is 11.6 Å². The Kier molecular flexibility index (Phi) is 6.07. The normalized spacial score (nSPS) is 31.0. The molecule has 1 aromatic carbocycles. The second-order valence-electron chi connectivity index (χ2n) is 11.3. The first-order chi connectivity index (χ1) is 15.2. The number of halogens is 3. The number of benzene rings is 1. The van der Waals surface area contributed by atoms with Gasteiger partial charge in [0.15, 0.2) is 0 Å². The fraction of sp³-hybridized carbons (Fsp3) is 0.708. The van der Waals surface area contributed by atoms with Crippen LogP contribution in [0.5, 0.6) is 5.75 Å². The Bertz CT molecular complexity index is 965. The minimum atomic E-state index is -1.05. The van der Waals surface area contributed by atoms with Gasteiger partial charge < -0.3 is 18.8 Å². The van der Waals surface area contributed by atoms with Crippen LogP contribution < -0.4 is 4.74 Å². The Hall–Kier alpha value is -1.38. The molecule has 4 aliphatic rings. The van der Waals surface area contributed by atoms with Gasteiger partial charge in [-0.05, 0) is 64.2 Å². The van der Waals surface area contributed by atoms with Crippen LogP contribution in [-0.2, 0) is 20.5 Å². The van der Waals surface area contributed by atoms with Crippen LogP contribution in [-0.4, -0.2) is 42.8 Å². The Morgan fingerprint density at radius 2 is 1.94 bits per heavy atom. The van der Waals surface area contributed by atoms with Crippen molar-refractivity contribution in [2.75, 3.05) is 7.11 Å². The van der Waals surface area contributed by atoms with Crippen molar-refractivity contribution in [3.05, 3.63) is 28.8 Å². The van der Waals surface area contributed by atoms with Crippen LogP contribution in [0.2, 0.25) is 0 Å². The van der Waals surface area contributed by atoms with Gasteiger partial charge in [-0.1, -0.05) is 13.8 Å². The quantitative estimate of drug-likeness (QED) is 0.320. The van der Waals surface area contributed by atoms with Crippen LogP contribution in [0.4, 0.5) is 8.78 Å². The molecular formula is C24H32BClF2O5. The van der Waals surface area contributed by atoms with E-state index in [4.69, 9.17) is 30.4 Å². The number of carbonyl (C=O) groups excluding carboxylic acids is 1. The summed E-state index contributed by atoms with van der Waals surface area (Å²) >= 11 is 6.68. The van der Waals surface area contributed by atoms with E-state index in [2.05, 4.69) is 20.8 Å². The van der Waals surface area contributed by atoms with E-state index < -0.39 is 46.8 Å². The van der Waals surface area contributed by atoms with Crippen LogP contribution >= 0.6 is 11.6 Å². The molecular weight excluding hydrogens is 453 g/mol. The van der Waals surface area contributed by atoms with Gasteiger partial charge in [-0.25, -0.2) is 13.6 Å². The monoisotopic (exact) mass is 484 g/mol. The summed E-state index contributed by atoms with van der Waals surface area (Å²) in [5.41, 5.74) is -1.60. The van der Waals surface area contributed by atoms with Gasteiger partial charge in [-0.3, -0.25) is 0 Å². The Labute approximate surface area is 199 Å². The van der Waals surface area contributed by atoms with Crippen LogP contribution in [0.3, 0.4) is 0 Å². The lowest BCUT2D eigenvalue weighted by atomic mass is 9.43. The number of ether oxygens (including phenoxy) is 2.